The highest BCUT2D eigenvalue weighted by Gasteiger charge is 2.04. The average Bonchev–Trinajstić information content (AvgIpc) is 2.71. The quantitative estimate of drug-likeness (QED) is 0.848. The molecule has 0 aliphatic rings. The molecule has 0 radical (unpaired) electrons. The van der Waals surface area contributed by atoms with Crippen LogP contribution in [0.4, 0.5) is 5.69 Å². The van der Waals surface area contributed by atoms with Crippen LogP contribution in [-0.2, 0) is 13.5 Å². The minimum atomic E-state index is -0.256. The monoisotopic (exact) mass is 298 g/mol. The number of halogens is 1. The molecule has 0 atom stereocenters. The van der Waals surface area contributed by atoms with E-state index in [-0.39, 0.29) is 5.56 Å². The van der Waals surface area contributed by atoms with Crippen molar-refractivity contribution >= 4 is 21.6 Å². The Morgan fingerprint density at radius 3 is 3.12 bits per heavy atom. The molecule has 2 N–H and O–H groups in total. The summed E-state index contributed by atoms with van der Waals surface area (Å²) < 4.78 is 2.30. The number of H-pyrrole nitrogens is 1. The summed E-state index contributed by atoms with van der Waals surface area (Å²) in [5, 5.41) is 16.9. The van der Waals surface area contributed by atoms with E-state index in [2.05, 4.69) is 41.6 Å². The Balaban J connectivity index is 1.97. The summed E-state index contributed by atoms with van der Waals surface area (Å²) in [5.74, 6) is 0.881. The van der Waals surface area contributed by atoms with Gasteiger partial charge in [0.15, 0.2) is 0 Å². The number of nitrogens with zero attached hydrogens (tertiary/aromatic N) is 4. The minimum Gasteiger partial charge on any atom is -0.382 e. The van der Waals surface area contributed by atoms with Gasteiger partial charge in [-0.25, -0.2) is 5.10 Å². The molecule has 90 valence electrons. The summed E-state index contributed by atoms with van der Waals surface area (Å²) in [4.78, 5) is 11.3. The molecule has 0 aliphatic carbocycles. The van der Waals surface area contributed by atoms with Gasteiger partial charge in [0.25, 0.3) is 5.56 Å². The molecule has 8 heteroatoms. The fourth-order valence-corrected chi connectivity index (χ4v) is 1.68. The van der Waals surface area contributed by atoms with Crippen LogP contribution < -0.4 is 10.9 Å². The van der Waals surface area contributed by atoms with Crippen molar-refractivity contribution < 1.29 is 0 Å². The Labute approximate surface area is 105 Å². The molecule has 0 amide bonds. The van der Waals surface area contributed by atoms with E-state index >= 15 is 0 Å². The third kappa shape index (κ3) is 2.70. The smallest absolute Gasteiger partial charge is 0.280 e. The van der Waals surface area contributed by atoms with Gasteiger partial charge in [-0.05, 0) is 15.9 Å². The lowest BCUT2D eigenvalue weighted by molar-refractivity contribution is 0.787. The second-order valence-electron chi connectivity index (χ2n) is 3.46. The van der Waals surface area contributed by atoms with Crippen LogP contribution in [-0.4, -0.2) is 31.5 Å². The predicted octanol–water partition coefficient (Wildman–Crippen LogP) is 0.315. The van der Waals surface area contributed by atoms with Crippen molar-refractivity contribution in [3.63, 3.8) is 0 Å². The maximum atomic E-state index is 11.3. The largest absolute Gasteiger partial charge is 0.382 e. The Hall–Kier alpha value is -1.70. The molecule has 2 aromatic rings. The fraction of sp³-hybridized carbons (Fsp3) is 0.333. The van der Waals surface area contributed by atoms with Crippen molar-refractivity contribution in [1.82, 2.24) is 25.0 Å². The van der Waals surface area contributed by atoms with Crippen LogP contribution in [0.15, 0.2) is 21.8 Å². The number of nitrogens with one attached hydrogen (secondary N) is 2. The highest BCUT2D eigenvalue weighted by Crippen LogP contribution is 2.14. The first-order chi connectivity index (χ1) is 8.18. The Kier molecular flexibility index (Phi) is 3.52. The van der Waals surface area contributed by atoms with Crippen LogP contribution >= 0.6 is 15.9 Å². The molecule has 0 fully saturated rings. The van der Waals surface area contributed by atoms with E-state index < -0.39 is 0 Å². The van der Waals surface area contributed by atoms with Crippen LogP contribution in [0.1, 0.15) is 5.82 Å². The lowest BCUT2D eigenvalue weighted by Crippen LogP contribution is -2.14. The molecule has 0 saturated heterocycles. The molecule has 0 aliphatic heterocycles. The molecule has 0 spiro atoms. The van der Waals surface area contributed by atoms with Crippen LogP contribution in [0.2, 0.25) is 0 Å². The van der Waals surface area contributed by atoms with Gasteiger partial charge >= 0.3 is 0 Å². The van der Waals surface area contributed by atoms with E-state index in [4.69, 9.17) is 0 Å². The van der Waals surface area contributed by atoms with Gasteiger partial charge in [0.1, 0.15) is 16.6 Å². The van der Waals surface area contributed by atoms with Crippen molar-refractivity contribution in [2.45, 2.75) is 6.42 Å². The van der Waals surface area contributed by atoms with Crippen LogP contribution in [0.25, 0.3) is 0 Å². The number of rotatable bonds is 4. The SMILES string of the molecule is Cn1cnnc1CCNc1cn[nH]c(=O)c1Br. The van der Waals surface area contributed by atoms with E-state index in [1.807, 2.05) is 11.6 Å². The van der Waals surface area contributed by atoms with E-state index in [0.29, 0.717) is 16.7 Å². The number of anilines is 1. The number of hydrogen-bond acceptors (Lipinski definition) is 5. The van der Waals surface area contributed by atoms with Gasteiger partial charge in [-0.15, -0.1) is 10.2 Å². The second kappa shape index (κ2) is 5.09. The molecule has 0 bridgehead atoms. The molecule has 0 unspecified atom stereocenters. The van der Waals surface area contributed by atoms with Crippen molar-refractivity contribution in [2.75, 3.05) is 11.9 Å². The van der Waals surface area contributed by atoms with Crippen molar-refractivity contribution in [1.29, 1.82) is 0 Å². The molecule has 2 heterocycles. The van der Waals surface area contributed by atoms with Crippen molar-refractivity contribution in [2.24, 2.45) is 7.05 Å². The van der Waals surface area contributed by atoms with Crippen molar-refractivity contribution in [3.8, 4) is 0 Å². The predicted molar refractivity (Wildman–Crippen MR) is 65.8 cm³/mol. The zero-order chi connectivity index (χ0) is 12.3. The molecular formula is C9H11BrN6O. The number of hydrogen-bond donors (Lipinski definition) is 2. The third-order valence-corrected chi connectivity index (χ3v) is 3.05. The summed E-state index contributed by atoms with van der Waals surface area (Å²) in [6.45, 7) is 0.649. The second-order valence-corrected chi connectivity index (χ2v) is 4.25. The van der Waals surface area contributed by atoms with Gasteiger partial charge < -0.3 is 9.88 Å². The molecule has 0 saturated carbocycles. The fourth-order valence-electron chi connectivity index (χ4n) is 1.35. The normalized spacial score (nSPS) is 10.5. The molecule has 2 aromatic heterocycles. The van der Waals surface area contributed by atoms with E-state index in [0.717, 1.165) is 12.2 Å². The average molecular weight is 299 g/mol. The molecule has 17 heavy (non-hydrogen) atoms. The summed E-state index contributed by atoms with van der Waals surface area (Å²) in [6.07, 6.45) is 3.93. The highest BCUT2D eigenvalue weighted by molar-refractivity contribution is 9.10. The maximum Gasteiger partial charge on any atom is 0.280 e. The summed E-state index contributed by atoms with van der Waals surface area (Å²) in [5.41, 5.74) is 0.407. The topological polar surface area (TPSA) is 88.5 Å². The standard InChI is InChI=1S/C9H11BrN6O/c1-16-5-13-14-7(16)2-3-11-6-4-12-15-9(17)8(6)10/h4-5H,2-3H2,1H3,(H2,11,15,17). The Morgan fingerprint density at radius 1 is 1.59 bits per heavy atom. The molecule has 0 aromatic carbocycles. The molecule has 2 rings (SSSR count). The van der Waals surface area contributed by atoms with E-state index in [1.165, 1.54) is 0 Å². The first-order valence-electron chi connectivity index (χ1n) is 4.98. The lowest BCUT2D eigenvalue weighted by atomic mass is 10.3. The molecule has 7 nitrogen and oxygen atoms in total. The Morgan fingerprint density at radius 2 is 2.41 bits per heavy atom. The first-order valence-corrected chi connectivity index (χ1v) is 5.77. The van der Waals surface area contributed by atoms with Crippen molar-refractivity contribution in [3.05, 3.63) is 33.2 Å². The van der Waals surface area contributed by atoms with Gasteiger partial charge in [-0.2, -0.15) is 5.10 Å². The minimum absolute atomic E-state index is 0.256. The zero-order valence-electron chi connectivity index (χ0n) is 9.14. The number of aryl methyl sites for hydroxylation is 1. The summed E-state index contributed by atoms with van der Waals surface area (Å²) in [7, 11) is 1.89. The summed E-state index contributed by atoms with van der Waals surface area (Å²) >= 11 is 3.19. The number of aromatic nitrogens is 5. The lowest BCUT2D eigenvalue weighted by Gasteiger charge is -2.06. The zero-order valence-corrected chi connectivity index (χ0v) is 10.7. The van der Waals surface area contributed by atoms with Gasteiger partial charge in [-0.1, -0.05) is 0 Å². The van der Waals surface area contributed by atoms with Crippen LogP contribution in [0.3, 0.4) is 0 Å². The van der Waals surface area contributed by atoms with Gasteiger partial charge in [0, 0.05) is 20.0 Å². The van der Waals surface area contributed by atoms with E-state index in [1.54, 1.807) is 12.5 Å². The van der Waals surface area contributed by atoms with Gasteiger partial charge in [0.2, 0.25) is 0 Å². The third-order valence-electron chi connectivity index (χ3n) is 2.26. The molecular weight excluding hydrogens is 288 g/mol. The maximum absolute atomic E-state index is 11.3. The van der Waals surface area contributed by atoms with Crippen LogP contribution in [0.5, 0.6) is 0 Å². The van der Waals surface area contributed by atoms with Crippen LogP contribution in [0, 0.1) is 0 Å². The first kappa shape index (κ1) is 11.8. The summed E-state index contributed by atoms with van der Waals surface area (Å²) in [6, 6.07) is 0. The van der Waals surface area contributed by atoms with Gasteiger partial charge in [-0.3, -0.25) is 4.79 Å². The Bertz CT molecular complexity index is 563. The van der Waals surface area contributed by atoms with E-state index in [9.17, 15) is 4.79 Å². The highest BCUT2D eigenvalue weighted by atomic mass is 79.9. The number of aromatic amines is 1. The van der Waals surface area contributed by atoms with Gasteiger partial charge in [0.05, 0.1) is 11.9 Å².